The zero-order valence-electron chi connectivity index (χ0n) is 11.5. The van der Waals surface area contributed by atoms with Crippen LogP contribution in [0.3, 0.4) is 0 Å². The summed E-state index contributed by atoms with van der Waals surface area (Å²) in [5.74, 6) is -0.748. The first-order chi connectivity index (χ1) is 9.63. The molecule has 1 atom stereocenters. The molecular formula is C17H16O3. The van der Waals surface area contributed by atoms with Crippen LogP contribution >= 0.6 is 0 Å². The van der Waals surface area contributed by atoms with Crippen LogP contribution in [0.2, 0.25) is 0 Å². The van der Waals surface area contributed by atoms with Crippen LogP contribution in [0.15, 0.2) is 54.6 Å². The van der Waals surface area contributed by atoms with Gasteiger partial charge in [0.2, 0.25) is 0 Å². The molecule has 2 aromatic rings. The highest BCUT2D eigenvalue weighted by Gasteiger charge is 2.17. The van der Waals surface area contributed by atoms with Crippen LogP contribution in [0.5, 0.6) is 0 Å². The lowest BCUT2D eigenvalue weighted by molar-refractivity contribution is -0.141. The van der Waals surface area contributed by atoms with Crippen molar-refractivity contribution >= 4 is 11.8 Å². The molecule has 0 saturated heterocycles. The number of carbonyl (C=O) groups is 2. The van der Waals surface area contributed by atoms with Crippen LogP contribution < -0.4 is 0 Å². The Bertz CT molecular complexity index is 617. The minimum absolute atomic E-state index is 0.0514. The molecule has 0 radical (unpaired) electrons. The second-order valence-corrected chi connectivity index (χ2v) is 4.57. The van der Waals surface area contributed by atoms with Crippen LogP contribution in [0.4, 0.5) is 0 Å². The Labute approximate surface area is 118 Å². The number of rotatable bonds is 4. The van der Waals surface area contributed by atoms with Gasteiger partial charge in [-0.2, -0.15) is 0 Å². The quantitative estimate of drug-likeness (QED) is 0.631. The van der Waals surface area contributed by atoms with Gasteiger partial charge in [-0.1, -0.05) is 48.5 Å². The van der Waals surface area contributed by atoms with E-state index in [0.29, 0.717) is 11.1 Å². The first kappa shape index (κ1) is 14.0. The van der Waals surface area contributed by atoms with Gasteiger partial charge in [0.05, 0.1) is 13.0 Å². The Balaban J connectivity index is 2.31. The maximum absolute atomic E-state index is 12.3. The number of methoxy groups -OCH3 is 1. The highest BCUT2D eigenvalue weighted by molar-refractivity contribution is 6.09. The van der Waals surface area contributed by atoms with Crippen molar-refractivity contribution in [1.29, 1.82) is 0 Å². The average Bonchev–Trinajstić information content (AvgIpc) is 2.53. The third kappa shape index (κ3) is 2.94. The third-order valence-electron chi connectivity index (χ3n) is 3.24. The summed E-state index contributed by atoms with van der Waals surface area (Å²) in [7, 11) is 1.36. The van der Waals surface area contributed by atoms with Crippen molar-refractivity contribution in [2.45, 2.75) is 12.8 Å². The van der Waals surface area contributed by atoms with E-state index in [-0.39, 0.29) is 17.7 Å². The van der Waals surface area contributed by atoms with Gasteiger partial charge in [-0.25, -0.2) is 0 Å². The third-order valence-corrected chi connectivity index (χ3v) is 3.24. The molecule has 0 heterocycles. The molecule has 0 spiro atoms. The summed E-state index contributed by atoms with van der Waals surface area (Å²) in [6.45, 7) is 1.76. The summed E-state index contributed by atoms with van der Waals surface area (Å²) in [4.78, 5) is 23.9. The number of esters is 1. The summed E-state index contributed by atoms with van der Waals surface area (Å²) < 4.78 is 4.73. The fourth-order valence-corrected chi connectivity index (χ4v) is 2.02. The molecule has 20 heavy (non-hydrogen) atoms. The Morgan fingerprint density at radius 2 is 1.60 bits per heavy atom. The highest BCUT2D eigenvalue weighted by Crippen LogP contribution is 2.19. The van der Waals surface area contributed by atoms with Crippen molar-refractivity contribution in [2.75, 3.05) is 7.11 Å². The maximum atomic E-state index is 12.3. The Morgan fingerprint density at radius 3 is 2.25 bits per heavy atom. The van der Waals surface area contributed by atoms with E-state index in [9.17, 15) is 9.59 Å². The molecule has 3 heteroatoms. The standard InChI is InChI=1S/C17H16O3/c1-12(17(19)20-2)14-9-6-10-15(11-14)16(18)13-7-4-3-5-8-13/h3-12H,1-2H3/t12-/m0/s1. The summed E-state index contributed by atoms with van der Waals surface area (Å²) in [6, 6.07) is 16.2. The van der Waals surface area contributed by atoms with Gasteiger partial charge in [0.25, 0.3) is 0 Å². The fraction of sp³-hybridized carbons (Fsp3) is 0.176. The van der Waals surface area contributed by atoms with Gasteiger partial charge >= 0.3 is 5.97 Å². The minimum Gasteiger partial charge on any atom is -0.469 e. The number of hydrogen-bond acceptors (Lipinski definition) is 3. The first-order valence-corrected chi connectivity index (χ1v) is 6.41. The van der Waals surface area contributed by atoms with E-state index in [1.807, 2.05) is 24.3 Å². The second kappa shape index (κ2) is 6.15. The lowest BCUT2D eigenvalue weighted by atomic mass is 9.96. The fourth-order valence-electron chi connectivity index (χ4n) is 2.02. The SMILES string of the molecule is COC(=O)[C@@H](C)c1cccc(C(=O)c2ccccc2)c1. The van der Waals surface area contributed by atoms with Crippen molar-refractivity contribution in [1.82, 2.24) is 0 Å². The van der Waals surface area contributed by atoms with Gasteiger partial charge in [-0.15, -0.1) is 0 Å². The monoisotopic (exact) mass is 268 g/mol. The summed E-state index contributed by atoms with van der Waals surface area (Å²) in [5.41, 5.74) is 1.98. The van der Waals surface area contributed by atoms with Gasteiger partial charge in [0.1, 0.15) is 0 Å². The molecule has 0 aliphatic carbocycles. The topological polar surface area (TPSA) is 43.4 Å². The van der Waals surface area contributed by atoms with Crippen molar-refractivity contribution in [3.8, 4) is 0 Å². The van der Waals surface area contributed by atoms with Crippen LogP contribution in [0.1, 0.15) is 34.3 Å². The molecule has 0 amide bonds. The predicted molar refractivity (Wildman–Crippen MR) is 76.7 cm³/mol. The zero-order valence-corrected chi connectivity index (χ0v) is 11.5. The average molecular weight is 268 g/mol. The van der Waals surface area contributed by atoms with Crippen molar-refractivity contribution in [3.63, 3.8) is 0 Å². The van der Waals surface area contributed by atoms with Crippen LogP contribution in [-0.2, 0) is 9.53 Å². The molecule has 102 valence electrons. The maximum Gasteiger partial charge on any atom is 0.312 e. The number of benzene rings is 2. The van der Waals surface area contributed by atoms with Gasteiger partial charge in [0.15, 0.2) is 5.78 Å². The molecule has 0 bridgehead atoms. The molecule has 3 nitrogen and oxygen atoms in total. The lowest BCUT2D eigenvalue weighted by Crippen LogP contribution is -2.11. The molecule has 0 N–H and O–H groups in total. The van der Waals surface area contributed by atoms with Crippen LogP contribution in [0, 0.1) is 0 Å². The molecule has 0 aliphatic heterocycles. The molecule has 2 aromatic carbocycles. The number of hydrogen-bond donors (Lipinski definition) is 0. The summed E-state index contributed by atoms with van der Waals surface area (Å²) >= 11 is 0. The first-order valence-electron chi connectivity index (χ1n) is 6.41. The minimum atomic E-state index is -0.386. The molecule has 0 aliphatic rings. The van der Waals surface area contributed by atoms with E-state index in [2.05, 4.69) is 0 Å². The molecule has 0 unspecified atom stereocenters. The van der Waals surface area contributed by atoms with Crippen LogP contribution in [-0.4, -0.2) is 18.9 Å². The summed E-state index contributed by atoms with van der Waals surface area (Å²) in [6.07, 6.45) is 0. The van der Waals surface area contributed by atoms with E-state index in [1.165, 1.54) is 7.11 Å². The Morgan fingerprint density at radius 1 is 0.950 bits per heavy atom. The zero-order chi connectivity index (χ0) is 14.5. The van der Waals surface area contributed by atoms with E-state index < -0.39 is 0 Å². The van der Waals surface area contributed by atoms with Crippen molar-refractivity contribution in [2.24, 2.45) is 0 Å². The number of carbonyl (C=O) groups excluding carboxylic acids is 2. The van der Waals surface area contributed by atoms with Crippen molar-refractivity contribution < 1.29 is 14.3 Å². The second-order valence-electron chi connectivity index (χ2n) is 4.57. The highest BCUT2D eigenvalue weighted by atomic mass is 16.5. The Kier molecular flexibility index (Phi) is 4.31. The van der Waals surface area contributed by atoms with Gasteiger partial charge in [-0.3, -0.25) is 9.59 Å². The van der Waals surface area contributed by atoms with Crippen LogP contribution in [0.25, 0.3) is 0 Å². The molecule has 0 fully saturated rings. The molecule has 0 saturated carbocycles. The van der Waals surface area contributed by atoms with E-state index >= 15 is 0 Å². The predicted octanol–water partition coefficient (Wildman–Crippen LogP) is 3.19. The largest absolute Gasteiger partial charge is 0.469 e. The lowest BCUT2D eigenvalue weighted by Gasteiger charge is -2.10. The summed E-state index contributed by atoms with van der Waals surface area (Å²) in [5, 5.41) is 0. The van der Waals surface area contributed by atoms with E-state index in [4.69, 9.17) is 4.74 Å². The number of ether oxygens (including phenoxy) is 1. The molecule has 0 aromatic heterocycles. The van der Waals surface area contributed by atoms with Gasteiger partial charge in [-0.05, 0) is 18.6 Å². The van der Waals surface area contributed by atoms with E-state index in [0.717, 1.165) is 5.56 Å². The van der Waals surface area contributed by atoms with Gasteiger partial charge < -0.3 is 4.74 Å². The van der Waals surface area contributed by atoms with Crippen molar-refractivity contribution in [3.05, 3.63) is 71.3 Å². The molecule has 2 rings (SSSR count). The number of ketones is 1. The molecular weight excluding hydrogens is 252 g/mol. The smallest absolute Gasteiger partial charge is 0.312 e. The van der Waals surface area contributed by atoms with E-state index in [1.54, 1.807) is 37.3 Å². The van der Waals surface area contributed by atoms with Gasteiger partial charge in [0, 0.05) is 11.1 Å². The Hall–Kier alpha value is -2.42. The normalized spacial score (nSPS) is 11.7.